The van der Waals surface area contributed by atoms with Crippen LogP contribution in [0.15, 0.2) is 43.7 Å². The molecule has 1 N–H and O–H groups in total. The topological polar surface area (TPSA) is 25.2 Å². The molecule has 1 aromatic heterocycles. The fraction of sp³-hybridized carbons (Fsp3) is 0.474. The summed E-state index contributed by atoms with van der Waals surface area (Å²) >= 11 is 7.09. The smallest absolute Gasteiger partial charge is 0.135 e. The van der Waals surface area contributed by atoms with Gasteiger partial charge < -0.3 is 9.73 Å². The van der Waals surface area contributed by atoms with Crippen LogP contribution in [0.4, 0.5) is 0 Å². The minimum Gasteiger partial charge on any atom is -0.460 e. The van der Waals surface area contributed by atoms with Crippen LogP contribution < -0.4 is 5.32 Å². The van der Waals surface area contributed by atoms with Crippen LogP contribution in [0.2, 0.25) is 0 Å². The molecule has 1 aliphatic rings. The monoisotopic (exact) mass is 439 g/mol. The lowest BCUT2D eigenvalue weighted by molar-refractivity contribution is 0.372. The van der Waals surface area contributed by atoms with Crippen molar-refractivity contribution in [1.29, 1.82) is 0 Å². The number of nitrogens with one attached hydrogen (secondary N) is 1. The molecule has 0 bridgehead atoms. The Labute approximate surface area is 155 Å². The quantitative estimate of drug-likeness (QED) is 0.573. The van der Waals surface area contributed by atoms with Crippen molar-refractivity contribution in [3.05, 3.63) is 45.0 Å². The van der Waals surface area contributed by atoms with Crippen LogP contribution in [-0.4, -0.2) is 6.04 Å². The van der Waals surface area contributed by atoms with E-state index in [4.69, 9.17) is 4.42 Å². The first kappa shape index (κ1) is 17.2. The highest BCUT2D eigenvalue weighted by atomic mass is 79.9. The average Bonchev–Trinajstić information content (AvgIpc) is 2.94. The van der Waals surface area contributed by atoms with Crippen molar-refractivity contribution >= 4 is 31.9 Å². The van der Waals surface area contributed by atoms with Gasteiger partial charge in [0, 0.05) is 20.6 Å². The lowest BCUT2D eigenvalue weighted by atomic mass is 9.97. The summed E-state index contributed by atoms with van der Waals surface area (Å²) in [6, 6.07) is 10.9. The molecule has 2 aromatic rings. The predicted octanol–water partition coefficient (Wildman–Crippen LogP) is 6.67. The highest BCUT2D eigenvalue weighted by molar-refractivity contribution is 9.11. The minimum atomic E-state index is 0.642. The summed E-state index contributed by atoms with van der Waals surface area (Å²) in [5.41, 5.74) is 1.09. The third kappa shape index (κ3) is 4.94. The molecule has 0 radical (unpaired) electrons. The standard InChI is InChI=1S/C19H23Br2NO/c20-14-8-10-17(18(21)12-14)19-11-9-16(23-19)13-22-15-6-4-2-1-3-5-7-15/h8-12,15,22H,1-7,13H2. The molecule has 2 nitrogen and oxygen atoms in total. The van der Waals surface area contributed by atoms with Gasteiger partial charge >= 0.3 is 0 Å². The second-order valence-corrected chi connectivity index (χ2v) is 8.08. The molecule has 0 unspecified atom stereocenters. The maximum Gasteiger partial charge on any atom is 0.135 e. The zero-order valence-electron chi connectivity index (χ0n) is 13.3. The first-order valence-electron chi connectivity index (χ1n) is 8.50. The van der Waals surface area contributed by atoms with Gasteiger partial charge in [-0.2, -0.15) is 0 Å². The van der Waals surface area contributed by atoms with Gasteiger partial charge in [0.25, 0.3) is 0 Å². The van der Waals surface area contributed by atoms with Crippen LogP contribution in [0.25, 0.3) is 11.3 Å². The number of furan rings is 1. The summed E-state index contributed by atoms with van der Waals surface area (Å²) in [5.74, 6) is 1.93. The largest absolute Gasteiger partial charge is 0.460 e. The van der Waals surface area contributed by atoms with E-state index in [9.17, 15) is 0 Å². The maximum atomic E-state index is 6.03. The summed E-state index contributed by atoms with van der Waals surface area (Å²) in [6.45, 7) is 0.818. The number of rotatable bonds is 4. The van der Waals surface area contributed by atoms with Gasteiger partial charge in [-0.15, -0.1) is 0 Å². The van der Waals surface area contributed by atoms with Gasteiger partial charge in [0.05, 0.1) is 6.54 Å². The van der Waals surface area contributed by atoms with E-state index >= 15 is 0 Å². The number of hydrogen-bond acceptors (Lipinski definition) is 2. The van der Waals surface area contributed by atoms with Crippen molar-refractivity contribution in [1.82, 2.24) is 5.32 Å². The van der Waals surface area contributed by atoms with Crippen LogP contribution in [0.1, 0.15) is 50.7 Å². The van der Waals surface area contributed by atoms with E-state index < -0.39 is 0 Å². The first-order valence-corrected chi connectivity index (χ1v) is 10.1. The molecule has 3 rings (SSSR count). The lowest BCUT2D eigenvalue weighted by Gasteiger charge is -2.20. The summed E-state index contributed by atoms with van der Waals surface area (Å²) < 4.78 is 8.13. The normalized spacial score (nSPS) is 17.0. The van der Waals surface area contributed by atoms with E-state index in [0.717, 1.165) is 32.6 Å². The Morgan fingerprint density at radius 3 is 2.43 bits per heavy atom. The Kier molecular flexibility index (Phi) is 6.37. The molecule has 23 heavy (non-hydrogen) atoms. The van der Waals surface area contributed by atoms with Crippen molar-refractivity contribution in [2.45, 2.75) is 57.5 Å². The van der Waals surface area contributed by atoms with E-state index in [1.165, 1.54) is 44.9 Å². The Morgan fingerprint density at radius 2 is 1.70 bits per heavy atom. The molecule has 0 saturated heterocycles. The maximum absolute atomic E-state index is 6.03. The average molecular weight is 441 g/mol. The van der Waals surface area contributed by atoms with Crippen molar-refractivity contribution in [3.8, 4) is 11.3 Å². The lowest BCUT2D eigenvalue weighted by Crippen LogP contribution is -2.29. The third-order valence-corrected chi connectivity index (χ3v) is 5.68. The molecular formula is C19H23Br2NO. The van der Waals surface area contributed by atoms with Gasteiger partial charge in [-0.3, -0.25) is 0 Å². The predicted molar refractivity (Wildman–Crippen MR) is 102 cm³/mol. The second kappa shape index (κ2) is 8.50. The highest BCUT2D eigenvalue weighted by Gasteiger charge is 2.13. The van der Waals surface area contributed by atoms with Gasteiger partial charge in [-0.1, -0.05) is 48.0 Å². The Balaban J connectivity index is 1.60. The van der Waals surface area contributed by atoms with E-state index in [-0.39, 0.29) is 0 Å². The molecule has 1 saturated carbocycles. The number of halogens is 2. The van der Waals surface area contributed by atoms with E-state index in [1.54, 1.807) is 0 Å². The van der Waals surface area contributed by atoms with Gasteiger partial charge in [-0.25, -0.2) is 0 Å². The number of benzene rings is 1. The molecule has 1 fully saturated rings. The molecule has 0 aliphatic heterocycles. The molecule has 0 spiro atoms. The molecule has 0 atom stereocenters. The molecular weight excluding hydrogens is 418 g/mol. The van der Waals surface area contributed by atoms with Crippen LogP contribution in [0.3, 0.4) is 0 Å². The summed E-state index contributed by atoms with van der Waals surface area (Å²) in [5, 5.41) is 3.68. The third-order valence-electron chi connectivity index (χ3n) is 4.53. The summed E-state index contributed by atoms with van der Waals surface area (Å²) in [4.78, 5) is 0. The molecule has 0 amide bonds. The molecule has 1 aliphatic carbocycles. The first-order chi connectivity index (χ1) is 11.2. The molecule has 1 heterocycles. The fourth-order valence-electron chi connectivity index (χ4n) is 3.21. The van der Waals surface area contributed by atoms with Gasteiger partial charge in [0.2, 0.25) is 0 Å². The van der Waals surface area contributed by atoms with Crippen LogP contribution in [0, 0.1) is 0 Å². The van der Waals surface area contributed by atoms with E-state index in [2.05, 4.69) is 55.4 Å². The Morgan fingerprint density at radius 1 is 0.957 bits per heavy atom. The van der Waals surface area contributed by atoms with Crippen molar-refractivity contribution in [2.75, 3.05) is 0 Å². The summed E-state index contributed by atoms with van der Waals surface area (Å²) in [7, 11) is 0. The SMILES string of the molecule is Brc1ccc(-c2ccc(CNC3CCCCCCC3)o2)c(Br)c1. The van der Waals surface area contributed by atoms with Crippen LogP contribution in [-0.2, 0) is 6.54 Å². The van der Waals surface area contributed by atoms with E-state index in [0.29, 0.717) is 6.04 Å². The molecule has 1 aromatic carbocycles. The molecule has 4 heteroatoms. The van der Waals surface area contributed by atoms with Crippen molar-refractivity contribution < 1.29 is 4.42 Å². The van der Waals surface area contributed by atoms with Crippen LogP contribution >= 0.6 is 31.9 Å². The van der Waals surface area contributed by atoms with Crippen molar-refractivity contribution in [2.24, 2.45) is 0 Å². The van der Waals surface area contributed by atoms with Crippen molar-refractivity contribution in [3.63, 3.8) is 0 Å². The number of hydrogen-bond donors (Lipinski definition) is 1. The fourth-order valence-corrected chi connectivity index (χ4v) is 4.45. The van der Waals surface area contributed by atoms with Gasteiger partial charge in [-0.05, 0) is 59.1 Å². The Hall–Kier alpha value is -0.580. The van der Waals surface area contributed by atoms with Gasteiger partial charge in [0.1, 0.15) is 11.5 Å². The molecule has 124 valence electrons. The zero-order valence-corrected chi connectivity index (χ0v) is 16.5. The summed E-state index contributed by atoms with van der Waals surface area (Å²) in [6.07, 6.45) is 9.50. The zero-order chi connectivity index (χ0) is 16.1. The highest BCUT2D eigenvalue weighted by Crippen LogP contribution is 2.32. The second-order valence-electron chi connectivity index (χ2n) is 6.31. The van der Waals surface area contributed by atoms with E-state index in [1.807, 2.05) is 12.1 Å². The minimum absolute atomic E-state index is 0.642. The Bertz CT molecular complexity index is 630. The van der Waals surface area contributed by atoms with Crippen LogP contribution in [0.5, 0.6) is 0 Å². The van der Waals surface area contributed by atoms with Gasteiger partial charge in [0.15, 0.2) is 0 Å².